The number of halogens is 1. The van der Waals surface area contributed by atoms with Gasteiger partial charge in [0.15, 0.2) is 12.8 Å². The van der Waals surface area contributed by atoms with Crippen molar-refractivity contribution in [1.29, 1.82) is 0 Å². The van der Waals surface area contributed by atoms with Crippen molar-refractivity contribution in [1.82, 2.24) is 10.2 Å². The van der Waals surface area contributed by atoms with Crippen LogP contribution in [-0.2, 0) is 22.5 Å². The van der Waals surface area contributed by atoms with Crippen LogP contribution in [0.2, 0.25) is 0 Å². The van der Waals surface area contributed by atoms with Crippen molar-refractivity contribution in [2.45, 2.75) is 38.8 Å². The average Bonchev–Trinajstić information content (AvgIpc) is 2.68. The number of fused-ring (bicyclic) bond motifs is 1. The van der Waals surface area contributed by atoms with Gasteiger partial charge in [-0.15, -0.1) is 0 Å². The third-order valence-corrected chi connectivity index (χ3v) is 4.79. The van der Waals surface area contributed by atoms with Gasteiger partial charge in [0.2, 0.25) is 0 Å². The molecular formula is C19H27FN4O4. The smallest absolute Gasteiger partial charge is 0.409 e. The van der Waals surface area contributed by atoms with Gasteiger partial charge in [0.05, 0.1) is 13.2 Å². The van der Waals surface area contributed by atoms with Gasteiger partial charge in [0, 0.05) is 31.2 Å². The van der Waals surface area contributed by atoms with Gasteiger partial charge in [0.1, 0.15) is 11.6 Å². The summed E-state index contributed by atoms with van der Waals surface area (Å²) < 4.78 is 29.5. The highest BCUT2D eigenvalue weighted by molar-refractivity contribution is 5.78. The third kappa shape index (κ3) is 5.25. The van der Waals surface area contributed by atoms with Crippen LogP contribution in [0.15, 0.2) is 17.1 Å². The number of piperidine rings is 1. The molecule has 0 spiro atoms. The topological polar surface area (TPSA) is 98.4 Å². The van der Waals surface area contributed by atoms with E-state index in [0.717, 1.165) is 18.4 Å². The maximum atomic E-state index is 13.8. The number of aliphatic imine (C=N–C) groups is 1. The molecule has 0 aliphatic carbocycles. The summed E-state index contributed by atoms with van der Waals surface area (Å²) in [7, 11) is 0. The molecule has 8 nitrogen and oxygen atoms in total. The Morgan fingerprint density at radius 2 is 2.21 bits per heavy atom. The predicted octanol–water partition coefficient (Wildman–Crippen LogP) is 1.76. The van der Waals surface area contributed by atoms with E-state index in [1.807, 2.05) is 0 Å². The highest BCUT2D eigenvalue weighted by Crippen LogP contribution is 2.29. The summed E-state index contributed by atoms with van der Waals surface area (Å²) in [6.07, 6.45) is 1.80. The first-order chi connectivity index (χ1) is 13.6. The Morgan fingerprint density at radius 3 is 2.96 bits per heavy atom. The van der Waals surface area contributed by atoms with E-state index in [0.29, 0.717) is 56.5 Å². The Morgan fingerprint density at radius 1 is 1.43 bits per heavy atom. The summed E-state index contributed by atoms with van der Waals surface area (Å²) in [5.41, 5.74) is 7.46. The second-order valence-electron chi connectivity index (χ2n) is 6.79. The standard InChI is InChI=1S/C19H27FN4O4/c1-2-27-19(25)24-7-4-16(5-8-24)23-18(21)22-6-3-13-9-15(20)10-14-11-26-12-28-17(13)14/h9-10,16H,2-8,11-12H2,1H3,(H3,21,22,23). The molecule has 3 rings (SSSR count). The van der Waals surface area contributed by atoms with Gasteiger partial charge in [-0.05, 0) is 43.9 Å². The van der Waals surface area contributed by atoms with E-state index in [-0.39, 0.29) is 24.7 Å². The fraction of sp³-hybridized carbons (Fsp3) is 0.579. The molecule has 1 fully saturated rings. The number of ether oxygens (including phenoxy) is 3. The summed E-state index contributed by atoms with van der Waals surface area (Å²) in [6, 6.07) is 3.06. The SMILES string of the molecule is CCOC(=O)N1CCC(NC(N)=NCCc2cc(F)cc3c2OCOC3)CC1. The van der Waals surface area contributed by atoms with Gasteiger partial charge >= 0.3 is 6.09 Å². The number of amides is 1. The zero-order chi connectivity index (χ0) is 19.9. The molecule has 3 N–H and O–H groups in total. The molecule has 0 atom stereocenters. The van der Waals surface area contributed by atoms with Gasteiger partial charge in [-0.25, -0.2) is 9.18 Å². The Hall–Kier alpha value is -2.55. The molecule has 2 aliphatic rings. The summed E-state index contributed by atoms with van der Waals surface area (Å²) in [5, 5.41) is 3.19. The second kappa shape index (κ2) is 9.59. The van der Waals surface area contributed by atoms with Crippen molar-refractivity contribution >= 4 is 12.1 Å². The van der Waals surface area contributed by atoms with Gasteiger partial charge in [-0.2, -0.15) is 0 Å². The molecule has 1 amide bonds. The van der Waals surface area contributed by atoms with Gasteiger partial charge in [-0.1, -0.05) is 0 Å². The molecule has 0 radical (unpaired) electrons. The molecule has 0 bridgehead atoms. The number of hydrogen-bond acceptors (Lipinski definition) is 5. The summed E-state index contributed by atoms with van der Waals surface area (Å²) >= 11 is 0. The van der Waals surface area contributed by atoms with Gasteiger partial charge in [-0.3, -0.25) is 4.99 Å². The molecule has 0 unspecified atom stereocenters. The number of benzene rings is 1. The number of carbonyl (C=O) groups is 1. The molecule has 1 aromatic rings. The zero-order valence-electron chi connectivity index (χ0n) is 16.1. The molecule has 154 valence electrons. The third-order valence-electron chi connectivity index (χ3n) is 4.79. The number of nitrogens with two attached hydrogens (primary N) is 1. The fourth-order valence-corrected chi connectivity index (χ4v) is 3.42. The van der Waals surface area contributed by atoms with Crippen LogP contribution in [0.25, 0.3) is 0 Å². The highest BCUT2D eigenvalue weighted by Gasteiger charge is 2.23. The molecule has 2 aliphatic heterocycles. The molecule has 2 heterocycles. The van der Waals surface area contributed by atoms with Crippen LogP contribution in [0.4, 0.5) is 9.18 Å². The minimum absolute atomic E-state index is 0.164. The Balaban J connectivity index is 1.47. The van der Waals surface area contributed by atoms with E-state index < -0.39 is 0 Å². The van der Waals surface area contributed by atoms with E-state index in [2.05, 4.69) is 10.3 Å². The predicted molar refractivity (Wildman–Crippen MR) is 102 cm³/mol. The van der Waals surface area contributed by atoms with Crippen molar-refractivity contribution < 1.29 is 23.4 Å². The summed E-state index contributed by atoms with van der Waals surface area (Å²) in [5.74, 6) is 0.719. The fourth-order valence-electron chi connectivity index (χ4n) is 3.42. The quantitative estimate of drug-likeness (QED) is 0.583. The number of likely N-dealkylation sites (tertiary alicyclic amines) is 1. The van der Waals surface area contributed by atoms with Crippen LogP contribution in [0, 0.1) is 5.82 Å². The number of rotatable bonds is 5. The molecule has 28 heavy (non-hydrogen) atoms. The summed E-state index contributed by atoms with van der Waals surface area (Å²) in [6.45, 7) is 4.35. The normalized spacial score (nSPS) is 17.6. The minimum atomic E-state index is -0.314. The lowest BCUT2D eigenvalue weighted by atomic mass is 10.1. The van der Waals surface area contributed by atoms with Gasteiger partial charge < -0.3 is 30.2 Å². The average molecular weight is 394 g/mol. The number of nitrogens with zero attached hydrogens (tertiary/aromatic N) is 2. The molecule has 0 saturated carbocycles. The largest absolute Gasteiger partial charge is 0.467 e. The lowest BCUT2D eigenvalue weighted by Crippen LogP contribution is -2.48. The Bertz CT molecular complexity index is 720. The van der Waals surface area contributed by atoms with E-state index in [4.69, 9.17) is 19.9 Å². The lowest BCUT2D eigenvalue weighted by molar-refractivity contribution is -0.0172. The first-order valence-electron chi connectivity index (χ1n) is 9.56. The number of guanidine groups is 1. The van der Waals surface area contributed by atoms with Gasteiger partial charge in [0.25, 0.3) is 0 Å². The lowest BCUT2D eigenvalue weighted by Gasteiger charge is -2.31. The van der Waals surface area contributed by atoms with Crippen molar-refractivity contribution in [2.75, 3.05) is 33.0 Å². The Labute approximate surface area is 163 Å². The zero-order valence-corrected chi connectivity index (χ0v) is 16.1. The molecule has 1 saturated heterocycles. The van der Waals surface area contributed by atoms with Crippen LogP contribution in [-0.4, -0.2) is 56.0 Å². The van der Waals surface area contributed by atoms with Crippen molar-refractivity contribution in [3.8, 4) is 5.75 Å². The van der Waals surface area contributed by atoms with Crippen LogP contribution in [0.1, 0.15) is 30.9 Å². The van der Waals surface area contributed by atoms with E-state index in [9.17, 15) is 9.18 Å². The number of carbonyl (C=O) groups excluding carboxylic acids is 1. The van der Waals surface area contributed by atoms with E-state index in [1.165, 1.54) is 12.1 Å². The highest BCUT2D eigenvalue weighted by atomic mass is 19.1. The Kier molecular flexibility index (Phi) is 6.91. The van der Waals surface area contributed by atoms with Crippen molar-refractivity contribution in [2.24, 2.45) is 10.7 Å². The van der Waals surface area contributed by atoms with E-state index >= 15 is 0 Å². The minimum Gasteiger partial charge on any atom is -0.467 e. The maximum Gasteiger partial charge on any atom is 0.409 e. The van der Waals surface area contributed by atoms with Crippen molar-refractivity contribution in [3.05, 3.63) is 29.1 Å². The van der Waals surface area contributed by atoms with Crippen LogP contribution < -0.4 is 15.8 Å². The molecular weight excluding hydrogens is 367 g/mol. The number of nitrogens with one attached hydrogen (secondary N) is 1. The summed E-state index contributed by atoms with van der Waals surface area (Å²) in [4.78, 5) is 17.8. The number of hydrogen-bond donors (Lipinski definition) is 2. The second-order valence-corrected chi connectivity index (χ2v) is 6.79. The van der Waals surface area contributed by atoms with Crippen molar-refractivity contribution in [3.63, 3.8) is 0 Å². The van der Waals surface area contributed by atoms with Crippen LogP contribution in [0.3, 0.4) is 0 Å². The maximum absolute atomic E-state index is 13.8. The van der Waals surface area contributed by atoms with Crippen LogP contribution >= 0.6 is 0 Å². The first-order valence-corrected chi connectivity index (χ1v) is 9.56. The van der Waals surface area contributed by atoms with Crippen LogP contribution in [0.5, 0.6) is 5.75 Å². The van der Waals surface area contributed by atoms with E-state index in [1.54, 1.807) is 11.8 Å². The molecule has 0 aromatic heterocycles. The first kappa shape index (κ1) is 20.2. The monoisotopic (exact) mass is 394 g/mol. The molecule has 1 aromatic carbocycles. The molecule has 9 heteroatoms.